The zero-order valence-corrected chi connectivity index (χ0v) is 20.3. The van der Waals surface area contributed by atoms with E-state index in [-0.39, 0.29) is 33.5 Å². The highest BCUT2D eigenvalue weighted by Gasteiger charge is 2.66. The summed E-state index contributed by atoms with van der Waals surface area (Å²) in [6, 6.07) is 11.8. The van der Waals surface area contributed by atoms with Crippen LogP contribution in [0.5, 0.6) is 11.5 Å². The molecule has 2 aromatic rings. The van der Waals surface area contributed by atoms with Crippen molar-refractivity contribution in [2.24, 2.45) is 0 Å². The minimum absolute atomic E-state index is 0.00730. The number of rotatable bonds is 4. The van der Waals surface area contributed by atoms with Gasteiger partial charge in [0.25, 0.3) is 5.91 Å². The second-order valence-electron chi connectivity index (χ2n) is 8.49. The van der Waals surface area contributed by atoms with E-state index >= 15 is 0 Å². The molecular weight excluding hydrogens is 520 g/mol. The Balaban J connectivity index is 1.50. The maximum Gasteiger partial charge on any atom is 0.492 e. The van der Waals surface area contributed by atoms with Crippen LogP contribution in [-0.4, -0.2) is 49.2 Å². The molecule has 1 saturated heterocycles. The number of morpholine rings is 1. The van der Waals surface area contributed by atoms with Gasteiger partial charge < -0.3 is 19.1 Å². The Morgan fingerprint density at radius 2 is 1.61 bits per heavy atom. The van der Waals surface area contributed by atoms with Gasteiger partial charge in [0.1, 0.15) is 0 Å². The Bertz CT molecular complexity index is 1210. The van der Waals surface area contributed by atoms with Gasteiger partial charge in [-0.15, -0.1) is 0 Å². The van der Waals surface area contributed by atoms with Gasteiger partial charge >= 0.3 is 12.1 Å². The molecule has 3 aliphatic rings. The van der Waals surface area contributed by atoms with Gasteiger partial charge in [0.05, 0.1) is 23.3 Å². The van der Waals surface area contributed by atoms with Gasteiger partial charge in [0.15, 0.2) is 11.5 Å². The number of hydrogen-bond donors (Lipinski definition) is 1. The number of nitrogens with zero attached hydrogens (tertiary/aromatic N) is 1. The van der Waals surface area contributed by atoms with E-state index in [1.807, 2.05) is 46.6 Å². The fourth-order valence-electron chi connectivity index (χ4n) is 4.45. The largest absolute Gasteiger partial charge is 0.492 e. The smallest absolute Gasteiger partial charge is 0.424 e. The third kappa shape index (κ3) is 4.63. The van der Waals surface area contributed by atoms with E-state index in [0.29, 0.717) is 38.4 Å². The number of fused-ring (bicyclic) bond motifs is 1. The lowest BCUT2D eigenvalue weighted by Gasteiger charge is -2.33. The molecule has 2 aromatic carbocycles. The van der Waals surface area contributed by atoms with Gasteiger partial charge in [-0.3, -0.25) is 10.1 Å². The lowest BCUT2D eigenvalue weighted by atomic mass is 10.1. The Morgan fingerprint density at radius 3 is 2.19 bits per heavy atom. The maximum atomic E-state index is 14.3. The molecule has 36 heavy (non-hydrogen) atoms. The fraction of sp³-hybridized carbons (Fsp3) is 0.320. The third-order valence-electron chi connectivity index (χ3n) is 6.12. The summed E-state index contributed by atoms with van der Waals surface area (Å²) < 4.78 is 58.5. The van der Waals surface area contributed by atoms with Gasteiger partial charge in [-0.2, -0.15) is 13.2 Å². The van der Waals surface area contributed by atoms with Crippen LogP contribution in [0.2, 0.25) is 10.0 Å². The summed E-state index contributed by atoms with van der Waals surface area (Å²) in [4.78, 5) is 15.4. The van der Waals surface area contributed by atoms with Crippen LogP contribution in [0.15, 0.2) is 59.3 Å². The van der Waals surface area contributed by atoms with Gasteiger partial charge in [0.2, 0.25) is 0 Å². The molecule has 0 bridgehead atoms. The molecule has 11 heteroatoms. The summed E-state index contributed by atoms with van der Waals surface area (Å²) in [6.07, 6.45) is -2.40. The predicted octanol–water partition coefficient (Wildman–Crippen LogP) is 5.56. The topological polar surface area (TPSA) is 60.0 Å². The highest BCUT2D eigenvalue weighted by molar-refractivity contribution is 6.42. The van der Waals surface area contributed by atoms with Crippen molar-refractivity contribution >= 4 is 35.2 Å². The molecular formula is C25H21Cl2F3N2O4. The molecule has 0 spiro atoms. The highest BCUT2D eigenvalue weighted by atomic mass is 35.5. The van der Waals surface area contributed by atoms with E-state index in [1.165, 1.54) is 0 Å². The van der Waals surface area contributed by atoms with Gasteiger partial charge in [-0.25, -0.2) is 0 Å². The van der Waals surface area contributed by atoms with Crippen molar-refractivity contribution in [2.75, 3.05) is 26.3 Å². The van der Waals surface area contributed by atoms with Gasteiger partial charge in [-0.1, -0.05) is 53.5 Å². The summed E-state index contributed by atoms with van der Waals surface area (Å²) >= 11 is 11.9. The molecule has 0 saturated carbocycles. The number of alkyl halides is 3. The van der Waals surface area contributed by atoms with E-state index in [4.69, 9.17) is 37.4 Å². The third-order valence-corrected chi connectivity index (χ3v) is 6.84. The molecule has 190 valence electrons. The summed E-state index contributed by atoms with van der Waals surface area (Å²) in [5.74, 6) is -4.91. The van der Waals surface area contributed by atoms with Crippen molar-refractivity contribution in [1.82, 2.24) is 10.2 Å². The summed E-state index contributed by atoms with van der Waals surface area (Å²) in [6.45, 7) is 1.93. The number of ether oxygens (including phenoxy) is 3. The van der Waals surface area contributed by atoms with Gasteiger partial charge in [-0.05, 0) is 30.1 Å². The normalized spacial score (nSPS) is 20.2. The van der Waals surface area contributed by atoms with Crippen LogP contribution in [0.1, 0.15) is 18.4 Å². The monoisotopic (exact) mass is 540 g/mol. The Morgan fingerprint density at radius 1 is 1.00 bits per heavy atom. The van der Waals surface area contributed by atoms with Crippen LogP contribution in [-0.2, 0) is 9.53 Å². The number of nitrogens with one attached hydrogen (secondary N) is 1. The van der Waals surface area contributed by atoms with E-state index in [2.05, 4.69) is 0 Å². The first-order valence-corrected chi connectivity index (χ1v) is 12.0. The predicted molar refractivity (Wildman–Crippen MR) is 128 cm³/mol. The molecule has 1 N–H and O–H groups in total. The molecule has 0 radical (unpaired) electrons. The van der Waals surface area contributed by atoms with E-state index in [9.17, 15) is 18.0 Å². The van der Waals surface area contributed by atoms with Crippen molar-refractivity contribution in [1.29, 1.82) is 0 Å². The van der Waals surface area contributed by atoms with E-state index in [0.717, 1.165) is 23.3 Å². The molecule has 0 atom stereocenters. The zero-order valence-electron chi connectivity index (χ0n) is 18.8. The van der Waals surface area contributed by atoms with Crippen LogP contribution in [0, 0.1) is 0 Å². The first-order chi connectivity index (χ1) is 17.2. The minimum atomic E-state index is -5.11. The SMILES string of the molecule is O=C(NC1(C(F)(F)F)Oc2cc(Cl)c(Cl)cc2O1)C1=C(N2CCOCC2)C(=Cc2ccccc2)CC1. The van der Waals surface area contributed by atoms with Crippen LogP contribution in [0.4, 0.5) is 13.2 Å². The quantitative estimate of drug-likeness (QED) is 0.550. The average molecular weight is 541 g/mol. The number of carbonyl (C=O) groups excluding carboxylic acids is 1. The van der Waals surface area contributed by atoms with Crippen molar-refractivity contribution in [2.45, 2.75) is 24.9 Å². The van der Waals surface area contributed by atoms with Crippen molar-refractivity contribution < 1.29 is 32.2 Å². The number of amides is 1. The van der Waals surface area contributed by atoms with Crippen LogP contribution >= 0.6 is 23.2 Å². The lowest BCUT2D eigenvalue weighted by molar-refractivity contribution is -0.319. The van der Waals surface area contributed by atoms with Gasteiger partial charge in [0, 0.05) is 36.5 Å². The number of carbonyl (C=O) groups is 1. The minimum Gasteiger partial charge on any atom is -0.424 e. The molecule has 6 nitrogen and oxygen atoms in total. The molecule has 2 heterocycles. The first kappa shape index (κ1) is 24.8. The molecule has 1 aliphatic carbocycles. The number of hydrogen-bond acceptors (Lipinski definition) is 5. The molecule has 5 rings (SSSR count). The molecule has 2 aliphatic heterocycles. The number of allylic oxidation sites excluding steroid dienone is 1. The second kappa shape index (κ2) is 9.53. The first-order valence-electron chi connectivity index (χ1n) is 11.2. The fourth-order valence-corrected chi connectivity index (χ4v) is 4.75. The zero-order chi connectivity index (χ0) is 25.5. The standard InChI is InChI=1S/C25H21Cl2F3N2O4/c26-18-13-20-21(14-19(18)27)36-25(35-20,24(28,29)30)31-23(33)17-7-6-16(12-15-4-2-1-3-5-15)22(17)32-8-10-34-11-9-32/h1-5,12-14H,6-11H2,(H,31,33). The summed E-state index contributed by atoms with van der Waals surface area (Å²) in [5, 5.41) is 1.96. The van der Waals surface area contributed by atoms with Crippen molar-refractivity contribution in [3.8, 4) is 11.5 Å². The molecule has 0 aromatic heterocycles. The molecule has 0 unspecified atom stereocenters. The van der Waals surface area contributed by atoms with Crippen molar-refractivity contribution in [3.05, 3.63) is 74.9 Å². The van der Waals surface area contributed by atoms with Crippen molar-refractivity contribution in [3.63, 3.8) is 0 Å². The van der Waals surface area contributed by atoms with Crippen LogP contribution < -0.4 is 14.8 Å². The Hall–Kier alpha value is -2.88. The number of halogens is 5. The Kier molecular flexibility index (Phi) is 6.57. The number of benzene rings is 2. The average Bonchev–Trinajstić information content (AvgIpc) is 3.42. The summed E-state index contributed by atoms with van der Waals surface area (Å²) in [5.41, 5.74) is 2.63. The van der Waals surface area contributed by atoms with E-state index in [1.54, 1.807) is 0 Å². The summed E-state index contributed by atoms with van der Waals surface area (Å²) in [7, 11) is 0. The Labute approximate surface area is 215 Å². The van der Waals surface area contributed by atoms with Crippen LogP contribution in [0.25, 0.3) is 6.08 Å². The second-order valence-corrected chi connectivity index (χ2v) is 9.31. The highest BCUT2D eigenvalue weighted by Crippen LogP contribution is 2.48. The lowest BCUT2D eigenvalue weighted by Crippen LogP contribution is -2.65. The molecule has 1 fully saturated rings. The van der Waals surface area contributed by atoms with Crippen LogP contribution in [0.3, 0.4) is 0 Å². The molecule has 1 amide bonds. The maximum absolute atomic E-state index is 14.3. The van der Waals surface area contributed by atoms with E-state index < -0.39 is 18.0 Å².